The molecule has 2 heterocycles. The van der Waals surface area contributed by atoms with Gasteiger partial charge in [0.25, 0.3) is 0 Å². The van der Waals surface area contributed by atoms with Gasteiger partial charge in [-0.3, -0.25) is 4.98 Å². The third-order valence-corrected chi connectivity index (χ3v) is 3.39. The largest absolute Gasteiger partial charge is 0.488 e. The Bertz CT molecular complexity index is 353. The third kappa shape index (κ3) is 5.14. The maximum atomic E-state index is 11.6. The van der Waals surface area contributed by atoms with E-state index in [1.54, 1.807) is 24.5 Å². The molecule has 1 aromatic heterocycles. The van der Waals surface area contributed by atoms with Crippen molar-refractivity contribution in [2.75, 3.05) is 33.4 Å². The second kappa shape index (κ2) is 7.43. The molecule has 19 heavy (non-hydrogen) atoms. The van der Waals surface area contributed by atoms with E-state index in [9.17, 15) is 5.11 Å². The van der Waals surface area contributed by atoms with Crippen LogP contribution in [-0.2, 0) is 9.84 Å². The van der Waals surface area contributed by atoms with Crippen molar-refractivity contribution < 1.29 is 14.6 Å². The monoisotopic (exact) mass is 265 g/mol. The number of aromatic nitrogens is 1. The summed E-state index contributed by atoms with van der Waals surface area (Å²) < 4.78 is 10.7. The Kier molecular flexibility index (Phi) is 5.57. The van der Waals surface area contributed by atoms with Crippen LogP contribution in [0.4, 0.5) is 0 Å². The van der Waals surface area contributed by atoms with Gasteiger partial charge >= 0.3 is 0 Å². The van der Waals surface area contributed by atoms with Crippen molar-refractivity contribution in [2.24, 2.45) is 5.92 Å². The van der Waals surface area contributed by atoms with E-state index >= 15 is 0 Å². The molecule has 1 aliphatic heterocycles. The minimum absolute atomic E-state index is 0.0383. The van der Waals surface area contributed by atoms with E-state index < -0.39 is 6.29 Å². The van der Waals surface area contributed by atoms with Crippen molar-refractivity contribution in [2.45, 2.75) is 19.1 Å². The van der Waals surface area contributed by atoms with Crippen molar-refractivity contribution in [1.29, 1.82) is 0 Å². The third-order valence-electron chi connectivity index (χ3n) is 3.39. The van der Waals surface area contributed by atoms with Crippen molar-refractivity contribution in [3.8, 4) is 5.75 Å². The van der Waals surface area contributed by atoms with E-state index in [0.29, 0.717) is 18.3 Å². The number of likely N-dealkylation sites (tertiary alicyclic amines) is 1. The Hall–Kier alpha value is -1.17. The lowest BCUT2D eigenvalue weighted by Crippen LogP contribution is -2.33. The standard InChI is InChI=1S/C14H21N2O3/c1-16-8-4-12(5-9-16)10-19-14(17)11-18-13-2-6-15-7-3-13/h2-3,6-7,12,14H,4-5,8-11H2,1H3. The summed E-state index contributed by atoms with van der Waals surface area (Å²) >= 11 is 0. The first kappa shape index (κ1) is 14.2. The van der Waals surface area contributed by atoms with Gasteiger partial charge in [-0.2, -0.15) is 5.11 Å². The smallest absolute Gasteiger partial charge is 0.225 e. The van der Waals surface area contributed by atoms with E-state index in [0.717, 1.165) is 25.9 Å². The maximum Gasteiger partial charge on any atom is 0.225 e. The van der Waals surface area contributed by atoms with Crippen LogP contribution in [0.2, 0.25) is 0 Å². The maximum absolute atomic E-state index is 11.6. The number of rotatable bonds is 6. The highest BCUT2D eigenvalue weighted by Crippen LogP contribution is 2.16. The Morgan fingerprint density at radius 3 is 2.74 bits per heavy atom. The molecule has 0 N–H and O–H groups in total. The second-order valence-electron chi connectivity index (χ2n) is 5.00. The molecule has 1 aliphatic rings. The number of pyridine rings is 1. The number of piperidine rings is 1. The molecule has 0 aliphatic carbocycles. The topological polar surface area (TPSA) is 54.5 Å². The Balaban J connectivity index is 1.61. The minimum atomic E-state index is -1.12. The van der Waals surface area contributed by atoms with Crippen molar-refractivity contribution >= 4 is 0 Å². The highest BCUT2D eigenvalue weighted by atomic mass is 16.6. The number of hydrogen-bond donors (Lipinski definition) is 0. The van der Waals surface area contributed by atoms with Crippen LogP contribution in [0.1, 0.15) is 12.8 Å². The molecule has 105 valence electrons. The van der Waals surface area contributed by atoms with Gasteiger partial charge in [-0.25, -0.2) is 0 Å². The van der Waals surface area contributed by atoms with Gasteiger partial charge in [0.15, 0.2) is 0 Å². The second-order valence-corrected chi connectivity index (χ2v) is 5.00. The zero-order valence-corrected chi connectivity index (χ0v) is 11.3. The fourth-order valence-electron chi connectivity index (χ4n) is 2.12. The highest BCUT2D eigenvalue weighted by Gasteiger charge is 2.18. The molecule has 0 bridgehead atoms. The molecule has 1 radical (unpaired) electrons. The van der Waals surface area contributed by atoms with Gasteiger partial charge in [0.05, 0.1) is 6.61 Å². The summed E-state index contributed by atoms with van der Waals surface area (Å²) in [6.45, 7) is 2.76. The summed E-state index contributed by atoms with van der Waals surface area (Å²) in [6, 6.07) is 3.45. The Morgan fingerprint density at radius 2 is 2.05 bits per heavy atom. The van der Waals surface area contributed by atoms with E-state index in [1.807, 2.05) is 0 Å². The SMILES string of the molecule is CN1CCC(COC([O])COc2ccncc2)CC1. The van der Waals surface area contributed by atoms with Crippen molar-refractivity contribution in [1.82, 2.24) is 9.88 Å². The summed E-state index contributed by atoms with van der Waals surface area (Å²) in [5.74, 6) is 1.16. The Morgan fingerprint density at radius 1 is 1.37 bits per heavy atom. The van der Waals surface area contributed by atoms with E-state index in [2.05, 4.69) is 16.9 Å². The van der Waals surface area contributed by atoms with Crippen LogP contribution in [-0.4, -0.2) is 49.5 Å². The van der Waals surface area contributed by atoms with Crippen molar-refractivity contribution in [3.05, 3.63) is 24.5 Å². The predicted octanol–water partition coefficient (Wildman–Crippen LogP) is 1.58. The molecule has 0 saturated carbocycles. The van der Waals surface area contributed by atoms with Crippen LogP contribution in [0.25, 0.3) is 0 Å². The molecular formula is C14H21N2O3. The summed E-state index contributed by atoms with van der Waals surface area (Å²) in [5, 5.41) is 11.6. The van der Waals surface area contributed by atoms with E-state index in [1.165, 1.54) is 0 Å². The summed E-state index contributed by atoms with van der Waals surface area (Å²) in [5.41, 5.74) is 0. The van der Waals surface area contributed by atoms with Gasteiger partial charge < -0.3 is 14.4 Å². The van der Waals surface area contributed by atoms with Crippen LogP contribution in [0, 0.1) is 5.92 Å². The molecule has 5 heteroatoms. The zero-order chi connectivity index (χ0) is 13.5. The lowest BCUT2D eigenvalue weighted by Gasteiger charge is -2.29. The molecular weight excluding hydrogens is 244 g/mol. The quantitative estimate of drug-likeness (QED) is 0.733. The van der Waals surface area contributed by atoms with Gasteiger partial charge in [-0.1, -0.05) is 0 Å². The normalized spacial score (nSPS) is 19.3. The first-order valence-electron chi connectivity index (χ1n) is 6.73. The fraction of sp³-hybridized carbons (Fsp3) is 0.643. The van der Waals surface area contributed by atoms with Crippen LogP contribution < -0.4 is 4.74 Å². The molecule has 0 aromatic carbocycles. The lowest BCUT2D eigenvalue weighted by molar-refractivity contribution is -0.165. The molecule has 1 unspecified atom stereocenters. The van der Waals surface area contributed by atoms with E-state index in [4.69, 9.17) is 9.47 Å². The summed E-state index contributed by atoms with van der Waals surface area (Å²) in [7, 11) is 2.12. The molecule has 2 rings (SSSR count). The average Bonchev–Trinajstić information content (AvgIpc) is 2.45. The van der Waals surface area contributed by atoms with Gasteiger partial charge in [-0.05, 0) is 51.0 Å². The fourth-order valence-corrected chi connectivity index (χ4v) is 2.12. The number of ether oxygens (including phenoxy) is 2. The number of nitrogens with zero attached hydrogens (tertiary/aromatic N) is 2. The summed E-state index contributed by atoms with van der Waals surface area (Å²) in [6.07, 6.45) is 4.36. The van der Waals surface area contributed by atoms with Gasteiger partial charge in [-0.15, -0.1) is 0 Å². The minimum Gasteiger partial charge on any atom is -0.488 e. The van der Waals surface area contributed by atoms with Gasteiger partial charge in [0, 0.05) is 12.4 Å². The molecule has 1 saturated heterocycles. The van der Waals surface area contributed by atoms with Gasteiger partial charge in [0.2, 0.25) is 6.29 Å². The van der Waals surface area contributed by atoms with E-state index in [-0.39, 0.29) is 6.61 Å². The van der Waals surface area contributed by atoms with Gasteiger partial charge in [0.1, 0.15) is 12.4 Å². The molecule has 0 spiro atoms. The molecule has 5 nitrogen and oxygen atoms in total. The Labute approximate surface area is 114 Å². The van der Waals surface area contributed by atoms with Crippen LogP contribution in [0.5, 0.6) is 5.75 Å². The molecule has 1 fully saturated rings. The molecule has 0 amide bonds. The van der Waals surface area contributed by atoms with Crippen LogP contribution in [0.15, 0.2) is 24.5 Å². The molecule has 1 aromatic rings. The predicted molar refractivity (Wildman–Crippen MR) is 70.4 cm³/mol. The van der Waals surface area contributed by atoms with Crippen LogP contribution in [0.3, 0.4) is 0 Å². The first-order chi connectivity index (χ1) is 9.24. The summed E-state index contributed by atoms with van der Waals surface area (Å²) in [4.78, 5) is 6.19. The zero-order valence-electron chi connectivity index (χ0n) is 11.3. The lowest BCUT2D eigenvalue weighted by atomic mass is 9.98. The first-order valence-corrected chi connectivity index (χ1v) is 6.73. The average molecular weight is 265 g/mol. The van der Waals surface area contributed by atoms with Crippen molar-refractivity contribution in [3.63, 3.8) is 0 Å². The van der Waals surface area contributed by atoms with Crippen LogP contribution >= 0.6 is 0 Å². The highest BCUT2D eigenvalue weighted by molar-refractivity contribution is 5.16. The number of hydrogen-bond acceptors (Lipinski definition) is 4. The molecule has 1 atom stereocenters.